The van der Waals surface area contributed by atoms with E-state index in [1.807, 2.05) is 25.7 Å². The van der Waals surface area contributed by atoms with Crippen LogP contribution in [0.5, 0.6) is 0 Å². The number of aryl methyl sites for hydroxylation is 1. The summed E-state index contributed by atoms with van der Waals surface area (Å²) in [6, 6.07) is 11.1. The highest BCUT2D eigenvalue weighted by Crippen LogP contribution is 2.41. The lowest BCUT2D eigenvalue weighted by molar-refractivity contribution is -0.110. The molecule has 1 fully saturated rings. The third-order valence-corrected chi connectivity index (χ3v) is 6.42. The van der Waals surface area contributed by atoms with Gasteiger partial charge in [-0.1, -0.05) is 24.3 Å². The zero-order chi connectivity index (χ0) is 24.9. The molecular weight excluding hydrogens is 450 g/mol. The summed E-state index contributed by atoms with van der Waals surface area (Å²) >= 11 is 0. The number of aromatic nitrogens is 1. The Labute approximate surface area is 202 Å². The Morgan fingerprint density at radius 1 is 1.06 bits per heavy atom. The monoisotopic (exact) mass is 476 g/mol. The maximum absolute atomic E-state index is 14.7. The lowest BCUT2D eigenvalue weighted by Crippen LogP contribution is -2.55. The Balaban J connectivity index is 1.60. The number of hydrogen-bond acceptors (Lipinski definition) is 3. The van der Waals surface area contributed by atoms with Crippen LogP contribution in [0.1, 0.15) is 41.2 Å². The first-order valence-corrected chi connectivity index (χ1v) is 11.6. The standard InChI is InChI=1S/C27H26F2N4O2/c1-14-10-19(27(35)33-12-15(2)30-16(3)13-33)23(31-14)11-20-24-17(6-5-9-22(24)32-26(20)34)18-7-4-8-21(28)25(18)29/h4-11,15-16,30-31H,12-13H2,1-3H3,(H,32,34)/b20-11-/t15-,16+. The molecule has 0 saturated carbocycles. The quantitative estimate of drug-likeness (QED) is 0.484. The molecule has 5 rings (SSSR count). The van der Waals surface area contributed by atoms with E-state index in [0.29, 0.717) is 41.2 Å². The summed E-state index contributed by atoms with van der Waals surface area (Å²) < 4.78 is 28.7. The van der Waals surface area contributed by atoms with Crippen molar-refractivity contribution in [1.29, 1.82) is 0 Å². The van der Waals surface area contributed by atoms with E-state index < -0.39 is 11.6 Å². The van der Waals surface area contributed by atoms with Gasteiger partial charge >= 0.3 is 0 Å². The van der Waals surface area contributed by atoms with Crippen molar-refractivity contribution >= 4 is 29.2 Å². The molecule has 180 valence electrons. The molecule has 8 heteroatoms. The highest BCUT2D eigenvalue weighted by Gasteiger charge is 2.31. The first-order chi connectivity index (χ1) is 16.7. The van der Waals surface area contributed by atoms with Crippen molar-refractivity contribution in [2.75, 3.05) is 18.4 Å². The summed E-state index contributed by atoms with van der Waals surface area (Å²) in [6.45, 7) is 7.08. The van der Waals surface area contributed by atoms with Crippen molar-refractivity contribution in [3.63, 3.8) is 0 Å². The maximum atomic E-state index is 14.7. The SMILES string of the molecule is Cc1cc(C(=O)N2C[C@@H](C)N[C@@H](C)C2)c(/C=C2\C(=O)Nc3cccc(-c4cccc(F)c4F)c32)[nH]1. The summed E-state index contributed by atoms with van der Waals surface area (Å²) in [5, 5.41) is 6.22. The van der Waals surface area contributed by atoms with Crippen molar-refractivity contribution in [2.24, 2.45) is 0 Å². The number of anilines is 1. The number of carbonyl (C=O) groups is 2. The highest BCUT2D eigenvalue weighted by molar-refractivity contribution is 6.36. The molecule has 2 atom stereocenters. The van der Waals surface area contributed by atoms with Gasteiger partial charge in [0.05, 0.1) is 16.8 Å². The molecular formula is C27H26F2N4O2. The molecule has 0 aliphatic carbocycles. The van der Waals surface area contributed by atoms with Gasteiger partial charge in [0.25, 0.3) is 11.8 Å². The Hall–Kier alpha value is -3.78. The van der Waals surface area contributed by atoms with E-state index >= 15 is 0 Å². The number of nitrogens with one attached hydrogen (secondary N) is 3. The van der Waals surface area contributed by atoms with E-state index in [4.69, 9.17) is 0 Å². The third-order valence-electron chi connectivity index (χ3n) is 6.42. The van der Waals surface area contributed by atoms with Crippen LogP contribution in [0.3, 0.4) is 0 Å². The minimum Gasteiger partial charge on any atom is -0.358 e. The van der Waals surface area contributed by atoms with Crippen molar-refractivity contribution in [3.05, 3.63) is 76.6 Å². The fourth-order valence-electron chi connectivity index (χ4n) is 5.03. The van der Waals surface area contributed by atoms with E-state index in [1.54, 1.807) is 30.3 Å². The fraction of sp³-hybridized carbons (Fsp3) is 0.259. The van der Waals surface area contributed by atoms with E-state index in [1.165, 1.54) is 12.1 Å². The van der Waals surface area contributed by atoms with Crippen LogP contribution in [0.15, 0.2) is 42.5 Å². The van der Waals surface area contributed by atoms with Crippen molar-refractivity contribution in [3.8, 4) is 11.1 Å². The number of halogens is 2. The number of piperazine rings is 1. The van der Waals surface area contributed by atoms with Gasteiger partial charge < -0.3 is 20.5 Å². The number of aromatic amines is 1. The van der Waals surface area contributed by atoms with Gasteiger partial charge in [0.2, 0.25) is 0 Å². The van der Waals surface area contributed by atoms with Crippen LogP contribution in [-0.2, 0) is 4.79 Å². The summed E-state index contributed by atoms with van der Waals surface area (Å²) in [5.41, 5.74) is 3.44. The fourth-order valence-corrected chi connectivity index (χ4v) is 5.03. The molecule has 0 radical (unpaired) electrons. The second kappa shape index (κ2) is 8.78. The first kappa shape index (κ1) is 23.0. The van der Waals surface area contributed by atoms with Crippen molar-refractivity contribution < 1.29 is 18.4 Å². The minimum absolute atomic E-state index is 0.0620. The largest absolute Gasteiger partial charge is 0.358 e. The topological polar surface area (TPSA) is 77.2 Å². The maximum Gasteiger partial charge on any atom is 0.256 e. The van der Waals surface area contributed by atoms with Gasteiger partial charge in [-0.05, 0) is 50.6 Å². The van der Waals surface area contributed by atoms with E-state index in [0.717, 1.165) is 11.8 Å². The molecule has 6 nitrogen and oxygen atoms in total. The predicted octanol–water partition coefficient (Wildman–Crippen LogP) is 4.58. The molecule has 0 bridgehead atoms. The Morgan fingerprint density at radius 3 is 2.49 bits per heavy atom. The molecule has 2 amide bonds. The molecule has 0 unspecified atom stereocenters. The lowest BCUT2D eigenvalue weighted by Gasteiger charge is -2.36. The first-order valence-electron chi connectivity index (χ1n) is 11.6. The van der Waals surface area contributed by atoms with E-state index in [-0.39, 0.29) is 35.0 Å². The molecule has 3 heterocycles. The number of benzene rings is 2. The van der Waals surface area contributed by atoms with Gasteiger partial charge in [-0.3, -0.25) is 9.59 Å². The molecule has 2 aliphatic heterocycles. The molecule has 2 aromatic carbocycles. The number of fused-ring (bicyclic) bond motifs is 1. The van der Waals surface area contributed by atoms with Crippen molar-refractivity contribution in [1.82, 2.24) is 15.2 Å². The molecule has 3 N–H and O–H groups in total. The van der Waals surface area contributed by atoms with Crippen molar-refractivity contribution in [2.45, 2.75) is 32.9 Å². The third kappa shape index (κ3) is 4.14. The molecule has 1 saturated heterocycles. The number of rotatable bonds is 3. The number of nitrogens with zero attached hydrogens (tertiary/aromatic N) is 1. The van der Waals surface area contributed by atoms with Crippen LogP contribution in [0.25, 0.3) is 22.8 Å². The van der Waals surface area contributed by atoms with Crippen LogP contribution in [0, 0.1) is 18.6 Å². The van der Waals surface area contributed by atoms with Gasteiger partial charge in [0, 0.05) is 47.7 Å². The molecule has 35 heavy (non-hydrogen) atoms. The normalized spacial score (nSPS) is 20.8. The van der Waals surface area contributed by atoms with Crippen LogP contribution in [-0.4, -0.2) is 46.9 Å². The summed E-state index contributed by atoms with van der Waals surface area (Å²) in [7, 11) is 0. The summed E-state index contributed by atoms with van der Waals surface area (Å²) in [4.78, 5) is 31.4. The Morgan fingerprint density at radius 2 is 1.74 bits per heavy atom. The Bertz CT molecular complexity index is 1370. The zero-order valence-electron chi connectivity index (χ0n) is 19.7. The number of amides is 2. The van der Waals surface area contributed by atoms with Gasteiger partial charge in [0.1, 0.15) is 0 Å². The van der Waals surface area contributed by atoms with Gasteiger partial charge in [-0.25, -0.2) is 8.78 Å². The van der Waals surface area contributed by atoms with Crippen LogP contribution >= 0.6 is 0 Å². The number of H-pyrrole nitrogens is 1. The van der Waals surface area contributed by atoms with Crippen LogP contribution < -0.4 is 10.6 Å². The number of hydrogen-bond donors (Lipinski definition) is 3. The second-order valence-electron chi connectivity index (χ2n) is 9.30. The zero-order valence-corrected chi connectivity index (χ0v) is 19.7. The Kier molecular flexibility index (Phi) is 5.76. The molecule has 3 aromatic rings. The van der Waals surface area contributed by atoms with Gasteiger partial charge in [-0.2, -0.15) is 0 Å². The molecule has 0 spiro atoms. The minimum atomic E-state index is -0.979. The smallest absolute Gasteiger partial charge is 0.256 e. The average molecular weight is 477 g/mol. The van der Waals surface area contributed by atoms with E-state index in [9.17, 15) is 18.4 Å². The summed E-state index contributed by atoms with van der Waals surface area (Å²) in [6.07, 6.45) is 1.62. The lowest BCUT2D eigenvalue weighted by atomic mass is 9.93. The average Bonchev–Trinajstić information content (AvgIpc) is 3.33. The van der Waals surface area contributed by atoms with Gasteiger partial charge in [0.15, 0.2) is 11.6 Å². The molecule has 1 aromatic heterocycles. The van der Waals surface area contributed by atoms with Gasteiger partial charge in [-0.15, -0.1) is 0 Å². The predicted molar refractivity (Wildman–Crippen MR) is 132 cm³/mol. The van der Waals surface area contributed by atoms with Crippen LogP contribution in [0.4, 0.5) is 14.5 Å². The van der Waals surface area contributed by atoms with E-state index in [2.05, 4.69) is 15.6 Å². The number of carbonyl (C=O) groups excluding carboxylic acids is 2. The molecule has 2 aliphatic rings. The second-order valence-corrected chi connectivity index (χ2v) is 9.30. The highest BCUT2D eigenvalue weighted by atomic mass is 19.2. The summed E-state index contributed by atoms with van der Waals surface area (Å²) in [5.74, 6) is -2.44. The van der Waals surface area contributed by atoms with Crippen LogP contribution in [0.2, 0.25) is 0 Å².